The summed E-state index contributed by atoms with van der Waals surface area (Å²) in [6, 6.07) is 2.25. The summed E-state index contributed by atoms with van der Waals surface area (Å²) >= 11 is 1.38. The summed E-state index contributed by atoms with van der Waals surface area (Å²) in [7, 11) is 0. The van der Waals surface area contributed by atoms with Crippen molar-refractivity contribution in [1.29, 1.82) is 5.26 Å². The lowest BCUT2D eigenvalue weighted by Gasteiger charge is -2.31. The summed E-state index contributed by atoms with van der Waals surface area (Å²) in [6.07, 6.45) is 4.66. The number of carbonyl (C=O) groups excluding carboxylic acids is 1. The third-order valence-corrected chi connectivity index (χ3v) is 3.53. The van der Waals surface area contributed by atoms with Crippen molar-refractivity contribution in [3.05, 3.63) is 16.6 Å². The number of aromatic nitrogens is 1. The SMILES string of the molecule is N#CC1(NC(=O)c2cscn2)CCCCC1. The Morgan fingerprint density at radius 2 is 2.25 bits per heavy atom. The van der Waals surface area contributed by atoms with Gasteiger partial charge in [-0.3, -0.25) is 4.79 Å². The Morgan fingerprint density at radius 3 is 2.81 bits per heavy atom. The van der Waals surface area contributed by atoms with Gasteiger partial charge in [0.2, 0.25) is 0 Å². The average Bonchev–Trinajstić information content (AvgIpc) is 2.84. The van der Waals surface area contributed by atoms with E-state index in [2.05, 4.69) is 16.4 Å². The van der Waals surface area contributed by atoms with Crippen molar-refractivity contribution in [2.75, 3.05) is 0 Å². The molecule has 1 aromatic rings. The van der Waals surface area contributed by atoms with E-state index in [0.717, 1.165) is 32.1 Å². The third-order valence-electron chi connectivity index (χ3n) is 2.94. The largest absolute Gasteiger partial charge is 0.332 e. The predicted octanol–water partition coefficient (Wildman–Crippen LogP) is 2.10. The van der Waals surface area contributed by atoms with Crippen LogP contribution in [0.5, 0.6) is 0 Å². The number of hydrogen-bond donors (Lipinski definition) is 1. The molecule has 0 aromatic carbocycles. The molecule has 0 radical (unpaired) electrons. The van der Waals surface area contributed by atoms with E-state index >= 15 is 0 Å². The van der Waals surface area contributed by atoms with Crippen LogP contribution in [-0.2, 0) is 0 Å². The number of nitrogens with zero attached hydrogens (tertiary/aromatic N) is 2. The average molecular weight is 235 g/mol. The van der Waals surface area contributed by atoms with E-state index in [-0.39, 0.29) is 5.91 Å². The Kier molecular flexibility index (Phi) is 3.20. The number of rotatable bonds is 2. The van der Waals surface area contributed by atoms with Crippen LogP contribution in [-0.4, -0.2) is 16.4 Å². The molecule has 0 atom stereocenters. The van der Waals surface area contributed by atoms with Gasteiger partial charge in [-0.1, -0.05) is 19.3 Å². The zero-order valence-corrected chi connectivity index (χ0v) is 9.72. The highest BCUT2D eigenvalue weighted by atomic mass is 32.1. The Balaban J connectivity index is 2.07. The molecule has 0 aliphatic heterocycles. The zero-order chi connectivity index (χ0) is 11.4. The van der Waals surface area contributed by atoms with E-state index in [9.17, 15) is 10.1 Å². The van der Waals surface area contributed by atoms with Gasteiger partial charge < -0.3 is 5.32 Å². The van der Waals surface area contributed by atoms with Gasteiger partial charge in [0.15, 0.2) is 0 Å². The Labute approximate surface area is 98.3 Å². The van der Waals surface area contributed by atoms with E-state index in [4.69, 9.17) is 0 Å². The van der Waals surface area contributed by atoms with E-state index < -0.39 is 5.54 Å². The van der Waals surface area contributed by atoms with Crippen molar-refractivity contribution in [1.82, 2.24) is 10.3 Å². The Morgan fingerprint density at radius 1 is 1.50 bits per heavy atom. The maximum absolute atomic E-state index is 11.8. The second-order valence-corrected chi connectivity index (χ2v) is 4.80. The summed E-state index contributed by atoms with van der Waals surface area (Å²) in [5, 5.41) is 13.7. The van der Waals surface area contributed by atoms with Crippen LogP contribution in [0.2, 0.25) is 0 Å². The van der Waals surface area contributed by atoms with Crippen LogP contribution in [0.3, 0.4) is 0 Å². The van der Waals surface area contributed by atoms with Crippen LogP contribution in [0, 0.1) is 11.3 Å². The van der Waals surface area contributed by atoms with Crippen LogP contribution < -0.4 is 5.32 Å². The third kappa shape index (κ3) is 2.22. The van der Waals surface area contributed by atoms with E-state index in [1.165, 1.54) is 11.3 Å². The highest BCUT2D eigenvalue weighted by molar-refractivity contribution is 7.07. The van der Waals surface area contributed by atoms with Crippen LogP contribution >= 0.6 is 11.3 Å². The van der Waals surface area contributed by atoms with Crippen LogP contribution in [0.25, 0.3) is 0 Å². The summed E-state index contributed by atoms with van der Waals surface area (Å²) in [5.74, 6) is -0.232. The molecule has 0 bridgehead atoms. The molecule has 2 rings (SSSR count). The van der Waals surface area contributed by atoms with Crippen molar-refractivity contribution in [2.45, 2.75) is 37.6 Å². The van der Waals surface area contributed by atoms with Crippen LogP contribution in [0.4, 0.5) is 0 Å². The fourth-order valence-electron chi connectivity index (χ4n) is 2.03. The first kappa shape index (κ1) is 11.1. The minimum absolute atomic E-state index is 0.232. The molecular formula is C11H13N3OS. The molecule has 1 heterocycles. The molecule has 1 aliphatic carbocycles. The first-order chi connectivity index (χ1) is 7.76. The van der Waals surface area contributed by atoms with Gasteiger partial charge in [0.25, 0.3) is 5.91 Å². The number of nitriles is 1. The fraction of sp³-hybridized carbons (Fsp3) is 0.545. The highest BCUT2D eigenvalue weighted by Crippen LogP contribution is 2.27. The van der Waals surface area contributed by atoms with Gasteiger partial charge in [0.05, 0.1) is 11.6 Å². The first-order valence-electron chi connectivity index (χ1n) is 5.38. The maximum atomic E-state index is 11.8. The molecule has 0 saturated heterocycles. The molecule has 4 nitrogen and oxygen atoms in total. The zero-order valence-electron chi connectivity index (χ0n) is 8.90. The second-order valence-electron chi connectivity index (χ2n) is 4.08. The maximum Gasteiger partial charge on any atom is 0.271 e. The molecule has 1 saturated carbocycles. The van der Waals surface area contributed by atoms with Crippen LogP contribution in [0.1, 0.15) is 42.6 Å². The van der Waals surface area contributed by atoms with Crippen molar-refractivity contribution in [3.63, 3.8) is 0 Å². The Bertz CT molecular complexity index is 401. The Hall–Kier alpha value is -1.41. The van der Waals surface area contributed by atoms with Gasteiger partial charge in [-0.2, -0.15) is 5.26 Å². The molecule has 0 spiro atoms. The molecule has 1 N–H and O–H groups in total. The topological polar surface area (TPSA) is 65.8 Å². The number of hydrogen-bond acceptors (Lipinski definition) is 4. The molecule has 1 fully saturated rings. The van der Waals surface area contributed by atoms with Crippen molar-refractivity contribution < 1.29 is 4.79 Å². The molecule has 84 valence electrons. The number of amides is 1. The lowest BCUT2D eigenvalue weighted by Crippen LogP contribution is -2.48. The molecule has 0 unspecified atom stereocenters. The standard InChI is InChI=1S/C11H13N3OS/c12-7-11(4-2-1-3-5-11)14-10(15)9-6-16-8-13-9/h6,8H,1-5H2,(H,14,15). The first-order valence-corrected chi connectivity index (χ1v) is 6.32. The summed E-state index contributed by atoms with van der Waals surface area (Å²) in [5.41, 5.74) is 1.36. The minimum Gasteiger partial charge on any atom is -0.332 e. The lowest BCUT2D eigenvalue weighted by molar-refractivity contribution is 0.0898. The monoisotopic (exact) mass is 235 g/mol. The van der Waals surface area contributed by atoms with Crippen molar-refractivity contribution in [2.24, 2.45) is 0 Å². The molecular weight excluding hydrogens is 222 g/mol. The summed E-state index contributed by atoms with van der Waals surface area (Å²) in [4.78, 5) is 15.8. The smallest absolute Gasteiger partial charge is 0.271 e. The highest BCUT2D eigenvalue weighted by Gasteiger charge is 2.34. The molecule has 1 aliphatic rings. The van der Waals surface area contributed by atoms with E-state index in [0.29, 0.717) is 5.69 Å². The van der Waals surface area contributed by atoms with Gasteiger partial charge in [0.1, 0.15) is 11.2 Å². The van der Waals surface area contributed by atoms with Crippen LogP contribution in [0.15, 0.2) is 10.9 Å². The van der Waals surface area contributed by atoms with Gasteiger partial charge in [-0.25, -0.2) is 4.98 Å². The van der Waals surface area contributed by atoms with Gasteiger partial charge >= 0.3 is 0 Å². The van der Waals surface area contributed by atoms with Gasteiger partial charge in [-0.15, -0.1) is 11.3 Å². The number of nitrogens with one attached hydrogen (secondary N) is 1. The molecule has 1 amide bonds. The number of carbonyl (C=O) groups is 1. The quantitative estimate of drug-likeness (QED) is 0.853. The second kappa shape index (κ2) is 4.62. The number of thiazole rings is 1. The molecule has 16 heavy (non-hydrogen) atoms. The van der Waals surface area contributed by atoms with Crippen molar-refractivity contribution in [3.8, 4) is 6.07 Å². The van der Waals surface area contributed by atoms with Gasteiger partial charge in [-0.05, 0) is 12.8 Å². The summed E-state index contributed by atoms with van der Waals surface area (Å²) in [6.45, 7) is 0. The minimum atomic E-state index is -0.668. The van der Waals surface area contributed by atoms with Crippen molar-refractivity contribution >= 4 is 17.2 Å². The molecule has 5 heteroatoms. The summed E-state index contributed by atoms with van der Waals surface area (Å²) < 4.78 is 0. The molecule has 1 aromatic heterocycles. The van der Waals surface area contributed by atoms with E-state index in [1.54, 1.807) is 10.9 Å². The fourth-order valence-corrected chi connectivity index (χ4v) is 2.56. The van der Waals surface area contributed by atoms with E-state index in [1.807, 2.05) is 0 Å². The van der Waals surface area contributed by atoms with Gasteiger partial charge in [0, 0.05) is 5.38 Å². The normalized spacial score (nSPS) is 18.7. The predicted molar refractivity (Wildman–Crippen MR) is 61.0 cm³/mol. The lowest BCUT2D eigenvalue weighted by atomic mass is 9.83.